The number of nitro groups is 1. The largest absolute Gasteiger partial charge is 0.478 e. The lowest BCUT2D eigenvalue weighted by Gasteiger charge is -2.36. The van der Waals surface area contributed by atoms with E-state index in [2.05, 4.69) is 5.32 Å². The van der Waals surface area contributed by atoms with E-state index in [4.69, 9.17) is 11.6 Å². The molecule has 0 aromatic heterocycles. The molecule has 0 saturated heterocycles. The quantitative estimate of drug-likeness (QED) is 0.609. The minimum absolute atomic E-state index is 0.0125. The predicted octanol–water partition coefficient (Wildman–Crippen LogP) is 2.86. The number of rotatable bonds is 4. The van der Waals surface area contributed by atoms with Gasteiger partial charge in [0, 0.05) is 23.2 Å². The van der Waals surface area contributed by atoms with Crippen LogP contribution in [0.5, 0.6) is 0 Å². The van der Waals surface area contributed by atoms with E-state index in [1.807, 2.05) is 0 Å². The van der Waals surface area contributed by atoms with Crippen LogP contribution in [0.15, 0.2) is 29.5 Å². The van der Waals surface area contributed by atoms with Crippen molar-refractivity contribution in [2.24, 2.45) is 5.92 Å². The highest BCUT2D eigenvalue weighted by molar-refractivity contribution is 6.33. The Morgan fingerprint density at radius 1 is 1.38 bits per heavy atom. The third-order valence-electron chi connectivity index (χ3n) is 3.91. The Balaban J connectivity index is 2.80. The van der Waals surface area contributed by atoms with Crippen molar-refractivity contribution in [3.63, 3.8) is 0 Å². The summed E-state index contributed by atoms with van der Waals surface area (Å²) < 4.78 is 0. The number of carboxylic acids is 1. The van der Waals surface area contributed by atoms with Gasteiger partial charge < -0.3 is 10.4 Å². The van der Waals surface area contributed by atoms with Crippen LogP contribution in [-0.4, -0.2) is 32.8 Å². The molecule has 3 amide bonds. The Hall–Kier alpha value is -2.94. The number of carbonyl (C=O) groups excluding carboxylic acids is 2. The van der Waals surface area contributed by atoms with Gasteiger partial charge in [-0.15, -0.1) is 0 Å². The number of carboxylic acid groups (broad SMARTS) is 1. The maximum atomic E-state index is 12.6. The number of hydrogen-bond donors (Lipinski definition) is 2. The molecule has 2 rings (SSSR count). The molecule has 1 aliphatic rings. The van der Waals surface area contributed by atoms with Crippen LogP contribution in [0.3, 0.4) is 0 Å². The molecule has 1 atom stereocenters. The zero-order valence-corrected chi connectivity index (χ0v) is 14.9. The molecule has 2 N–H and O–H groups in total. The van der Waals surface area contributed by atoms with Crippen molar-refractivity contribution in [2.75, 3.05) is 0 Å². The van der Waals surface area contributed by atoms with Crippen molar-refractivity contribution < 1.29 is 24.4 Å². The molecule has 10 heteroatoms. The van der Waals surface area contributed by atoms with E-state index >= 15 is 0 Å². The number of urea groups is 1. The Kier molecular flexibility index (Phi) is 5.31. The second-order valence-electron chi connectivity index (χ2n) is 5.98. The molecule has 0 radical (unpaired) electrons. The maximum absolute atomic E-state index is 12.6. The topological polar surface area (TPSA) is 130 Å². The van der Waals surface area contributed by atoms with E-state index in [-0.39, 0.29) is 21.9 Å². The average molecular weight is 382 g/mol. The molecule has 1 aliphatic heterocycles. The molecular formula is C16H16ClN3O6. The van der Waals surface area contributed by atoms with Gasteiger partial charge in [0.25, 0.3) is 5.69 Å². The summed E-state index contributed by atoms with van der Waals surface area (Å²) in [7, 11) is 0. The van der Waals surface area contributed by atoms with Gasteiger partial charge in [-0.05, 0) is 6.92 Å². The number of halogens is 1. The summed E-state index contributed by atoms with van der Waals surface area (Å²) in [5, 5.41) is 22.8. The van der Waals surface area contributed by atoms with Gasteiger partial charge in [-0.2, -0.15) is 0 Å². The van der Waals surface area contributed by atoms with E-state index < -0.39 is 40.5 Å². The number of allylic oxidation sites excluding steroid dienone is 1. The molecular weight excluding hydrogens is 366 g/mol. The smallest absolute Gasteiger partial charge is 0.335 e. The second-order valence-corrected chi connectivity index (χ2v) is 6.35. The van der Waals surface area contributed by atoms with Crippen LogP contribution in [0.1, 0.15) is 32.4 Å². The Morgan fingerprint density at radius 2 is 2.00 bits per heavy atom. The van der Waals surface area contributed by atoms with Crippen LogP contribution in [0.25, 0.3) is 0 Å². The molecule has 0 bridgehead atoms. The third kappa shape index (κ3) is 3.25. The van der Waals surface area contributed by atoms with Crippen LogP contribution in [-0.2, 0) is 9.59 Å². The minimum Gasteiger partial charge on any atom is -0.478 e. The fraction of sp³-hybridized carbons (Fsp3) is 0.312. The number of imide groups is 1. The second kappa shape index (κ2) is 7.12. The summed E-state index contributed by atoms with van der Waals surface area (Å²) in [5.74, 6) is -2.63. The summed E-state index contributed by atoms with van der Waals surface area (Å²) in [6, 6.07) is 1.62. The van der Waals surface area contributed by atoms with E-state index in [1.54, 1.807) is 13.8 Å². The lowest BCUT2D eigenvalue weighted by Crippen LogP contribution is -2.52. The molecule has 1 aromatic rings. The first kappa shape index (κ1) is 19.4. The van der Waals surface area contributed by atoms with Crippen LogP contribution in [0, 0.1) is 16.0 Å². The predicted molar refractivity (Wildman–Crippen MR) is 91.4 cm³/mol. The number of nitrogens with zero attached hydrogens (tertiary/aromatic N) is 2. The van der Waals surface area contributed by atoms with Gasteiger partial charge in [0.2, 0.25) is 5.91 Å². The van der Waals surface area contributed by atoms with Crippen LogP contribution < -0.4 is 5.32 Å². The number of carbonyl (C=O) groups is 3. The first-order valence-electron chi connectivity index (χ1n) is 7.58. The first-order valence-corrected chi connectivity index (χ1v) is 7.96. The highest BCUT2D eigenvalue weighted by atomic mass is 35.5. The Morgan fingerprint density at radius 3 is 2.50 bits per heavy atom. The fourth-order valence-electron chi connectivity index (χ4n) is 2.71. The third-order valence-corrected chi connectivity index (χ3v) is 4.32. The summed E-state index contributed by atoms with van der Waals surface area (Å²) in [5.41, 5.74) is -0.722. The molecule has 1 heterocycles. The van der Waals surface area contributed by atoms with Gasteiger partial charge in [-0.25, -0.2) is 9.59 Å². The van der Waals surface area contributed by atoms with Gasteiger partial charge in [0.15, 0.2) is 0 Å². The molecule has 138 valence electrons. The first-order chi connectivity index (χ1) is 12.1. The van der Waals surface area contributed by atoms with E-state index in [1.165, 1.54) is 19.1 Å². The molecule has 0 fully saturated rings. The molecule has 1 unspecified atom stereocenters. The molecule has 0 saturated carbocycles. The van der Waals surface area contributed by atoms with Gasteiger partial charge >= 0.3 is 12.0 Å². The highest BCUT2D eigenvalue weighted by Gasteiger charge is 2.43. The number of nitro benzene ring substituents is 1. The SMILES string of the molecule is CC1=C(C(=O)O)C(c2cccc([N+](=O)[O-])c2Cl)N(C(=O)C(C)C)C(=O)N1. The van der Waals surface area contributed by atoms with E-state index in [0.29, 0.717) is 0 Å². The number of hydrogen-bond acceptors (Lipinski definition) is 5. The van der Waals surface area contributed by atoms with Crippen molar-refractivity contribution in [3.05, 3.63) is 50.2 Å². The van der Waals surface area contributed by atoms with Crippen molar-refractivity contribution in [3.8, 4) is 0 Å². The van der Waals surface area contributed by atoms with E-state index in [0.717, 1.165) is 11.0 Å². The van der Waals surface area contributed by atoms with Crippen molar-refractivity contribution in [1.29, 1.82) is 0 Å². The van der Waals surface area contributed by atoms with Crippen LogP contribution in [0.4, 0.5) is 10.5 Å². The molecule has 26 heavy (non-hydrogen) atoms. The standard InChI is InChI=1S/C16H16ClN3O6/c1-7(2)14(21)19-13(11(15(22)23)8(3)18-16(19)24)9-5-4-6-10(12(9)17)20(25)26/h4-7,13H,1-3H3,(H,18,24)(H,22,23). The normalized spacial score (nSPS) is 17.3. The van der Waals surface area contributed by atoms with Gasteiger partial charge in [-0.3, -0.25) is 19.8 Å². The van der Waals surface area contributed by atoms with Gasteiger partial charge in [0.05, 0.1) is 10.5 Å². The number of nitrogens with one attached hydrogen (secondary N) is 1. The van der Waals surface area contributed by atoms with Crippen molar-refractivity contribution in [1.82, 2.24) is 10.2 Å². The number of amides is 3. The van der Waals surface area contributed by atoms with Gasteiger partial charge in [-0.1, -0.05) is 37.6 Å². The monoisotopic (exact) mass is 381 g/mol. The summed E-state index contributed by atoms with van der Waals surface area (Å²) >= 11 is 6.13. The highest BCUT2D eigenvalue weighted by Crippen LogP contribution is 2.40. The minimum atomic E-state index is -1.39. The van der Waals surface area contributed by atoms with Crippen LogP contribution >= 0.6 is 11.6 Å². The zero-order valence-electron chi connectivity index (χ0n) is 14.1. The fourth-order valence-corrected chi connectivity index (χ4v) is 3.00. The van der Waals surface area contributed by atoms with Gasteiger partial charge in [0.1, 0.15) is 11.1 Å². The number of benzene rings is 1. The molecule has 0 aliphatic carbocycles. The summed E-state index contributed by atoms with van der Waals surface area (Å²) in [6.45, 7) is 4.47. The van der Waals surface area contributed by atoms with Crippen molar-refractivity contribution >= 4 is 35.2 Å². The van der Waals surface area contributed by atoms with E-state index in [9.17, 15) is 29.6 Å². The molecule has 0 spiro atoms. The lowest BCUT2D eigenvalue weighted by atomic mass is 9.92. The lowest BCUT2D eigenvalue weighted by molar-refractivity contribution is -0.384. The Bertz CT molecular complexity index is 848. The summed E-state index contributed by atoms with van der Waals surface area (Å²) in [4.78, 5) is 48.0. The summed E-state index contributed by atoms with van der Waals surface area (Å²) in [6.07, 6.45) is 0. The zero-order chi connectivity index (χ0) is 19.8. The number of aliphatic carboxylic acids is 1. The van der Waals surface area contributed by atoms with Crippen molar-refractivity contribution in [2.45, 2.75) is 26.8 Å². The van der Waals surface area contributed by atoms with Crippen LogP contribution in [0.2, 0.25) is 5.02 Å². The molecule has 9 nitrogen and oxygen atoms in total. The maximum Gasteiger partial charge on any atom is 0.335 e. The molecule has 1 aromatic carbocycles. The Labute approximate surface area is 153 Å². The average Bonchev–Trinajstić information content (AvgIpc) is 2.53.